The van der Waals surface area contributed by atoms with Crippen LogP contribution in [0.5, 0.6) is 0 Å². The molecule has 0 aliphatic carbocycles. The normalized spacial score (nSPS) is 25.6. The monoisotopic (exact) mass is 342 g/mol. The van der Waals surface area contributed by atoms with E-state index < -0.39 is 12.1 Å². The molecule has 0 N–H and O–H groups in total. The molecule has 134 valence electrons. The van der Waals surface area contributed by atoms with Gasteiger partial charge in [0, 0.05) is 45.3 Å². The molecule has 0 aromatic carbocycles. The average Bonchev–Trinajstić information content (AvgIpc) is 2.84. The quantitative estimate of drug-likeness (QED) is 0.836. The molecule has 6 nitrogen and oxygen atoms in total. The SMILES string of the molecule is CCN1CCO[C@@H]2CN(C(=O)c3cn(C)nc3C(F)F)CC[C@@H]2C1. The van der Waals surface area contributed by atoms with E-state index in [2.05, 4.69) is 16.9 Å². The number of amides is 1. The zero-order valence-electron chi connectivity index (χ0n) is 14.1. The first-order chi connectivity index (χ1) is 11.5. The van der Waals surface area contributed by atoms with E-state index in [0.717, 1.165) is 26.1 Å². The number of carbonyl (C=O) groups excluding carboxylic acids is 1. The molecule has 8 heteroatoms. The highest BCUT2D eigenvalue weighted by molar-refractivity contribution is 5.95. The van der Waals surface area contributed by atoms with Gasteiger partial charge in [0.25, 0.3) is 12.3 Å². The molecule has 2 aliphatic heterocycles. The molecule has 2 atom stereocenters. The predicted molar refractivity (Wildman–Crippen MR) is 84.0 cm³/mol. The van der Waals surface area contributed by atoms with Crippen LogP contribution in [-0.2, 0) is 11.8 Å². The van der Waals surface area contributed by atoms with Gasteiger partial charge in [-0.05, 0) is 13.0 Å². The van der Waals surface area contributed by atoms with E-state index >= 15 is 0 Å². The molecule has 0 radical (unpaired) electrons. The summed E-state index contributed by atoms with van der Waals surface area (Å²) in [4.78, 5) is 16.7. The van der Waals surface area contributed by atoms with E-state index in [1.807, 2.05) is 0 Å². The van der Waals surface area contributed by atoms with E-state index in [0.29, 0.717) is 25.6 Å². The van der Waals surface area contributed by atoms with Crippen molar-refractivity contribution in [2.24, 2.45) is 13.0 Å². The third kappa shape index (κ3) is 3.44. The Labute approximate surface area is 140 Å². The summed E-state index contributed by atoms with van der Waals surface area (Å²) in [5, 5.41) is 3.72. The summed E-state index contributed by atoms with van der Waals surface area (Å²) in [6, 6.07) is 0. The van der Waals surface area contributed by atoms with Crippen molar-refractivity contribution in [1.29, 1.82) is 0 Å². The second kappa shape index (κ2) is 7.14. The topological polar surface area (TPSA) is 50.6 Å². The van der Waals surface area contributed by atoms with Gasteiger partial charge in [0.1, 0.15) is 5.69 Å². The third-order valence-corrected chi connectivity index (χ3v) is 4.96. The van der Waals surface area contributed by atoms with Gasteiger partial charge in [0.05, 0.1) is 18.3 Å². The molecule has 0 unspecified atom stereocenters. The Kier molecular flexibility index (Phi) is 5.15. The molecule has 1 aromatic rings. The van der Waals surface area contributed by atoms with E-state index in [1.165, 1.54) is 10.9 Å². The minimum Gasteiger partial charge on any atom is -0.375 e. The number of nitrogens with zero attached hydrogens (tertiary/aromatic N) is 4. The van der Waals surface area contributed by atoms with Crippen LogP contribution in [0.3, 0.4) is 0 Å². The molecule has 0 spiro atoms. The first kappa shape index (κ1) is 17.3. The highest BCUT2D eigenvalue weighted by Crippen LogP contribution is 2.27. The molecule has 1 amide bonds. The summed E-state index contributed by atoms with van der Waals surface area (Å²) in [5.74, 6) is 0.0111. The second-order valence-corrected chi connectivity index (χ2v) is 6.50. The largest absolute Gasteiger partial charge is 0.375 e. The Morgan fingerprint density at radius 2 is 2.21 bits per heavy atom. The van der Waals surface area contributed by atoms with Gasteiger partial charge in [0.2, 0.25) is 0 Å². The molecule has 3 heterocycles. The number of carbonyl (C=O) groups is 1. The highest BCUT2D eigenvalue weighted by Gasteiger charge is 2.36. The van der Waals surface area contributed by atoms with E-state index in [4.69, 9.17) is 4.74 Å². The Bertz CT molecular complexity index is 593. The lowest BCUT2D eigenvalue weighted by atomic mass is 9.93. The molecule has 2 fully saturated rings. The fourth-order valence-electron chi connectivity index (χ4n) is 3.59. The van der Waals surface area contributed by atoms with Gasteiger partial charge in [-0.15, -0.1) is 0 Å². The van der Waals surface area contributed by atoms with Gasteiger partial charge >= 0.3 is 0 Å². The standard InChI is InChI=1S/C16H24F2N4O2/c1-3-21-6-7-24-13-10-22(5-4-11(13)8-21)16(23)12-9-20(2)19-14(12)15(17)18/h9,11,13,15H,3-8,10H2,1-2H3/t11-,13-/m1/s1. The van der Waals surface area contributed by atoms with Gasteiger partial charge in [0.15, 0.2) is 0 Å². The van der Waals surface area contributed by atoms with Crippen molar-refractivity contribution in [3.05, 3.63) is 17.5 Å². The average molecular weight is 342 g/mol. The summed E-state index contributed by atoms with van der Waals surface area (Å²) >= 11 is 0. The zero-order valence-corrected chi connectivity index (χ0v) is 14.1. The number of ether oxygens (including phenoxy) is 1. The molecule has 0 bridgehead atoms. The number of hydrogen-bond donors (Lipinski definition) is 0. The molecular weight excluding hydrogens is 318 g/mol. The summed E-state index contributed by atoms with van der Waals surface area (Å²) in [5.41, 5.74) is -0.446. The number of likely N-dealkylation sites (tertiary alicyclic amines) is 1. The third-order valence-electron chi connectivity index (χ3n) is 4.96. The van der Waals surface area contributed by atoms with Crippen molar-refractivity contribution in [3.8, 4) is 0 Å². The van der Waals surface area contributed by atoms with Crippen LogP contribution < -0.4 is 0 Å². The summed E-state index contributed by atoms with van der Waals surface area (Å²) in [6.45, 7) is 6.66. The van der Waals surface area contributed by atoms with Gasteiger partial charge in [-0.1, -0.05) is 6.92 Å². The van der Waals surface area contributed by atoms with Crippen molar-refractivity contribution in [2.75, 3.05) is 39.3 Å². The van der Waals surface area contributed by atoms with Crippen LogP contribution in [0, 0.1) is 5.92 Å². The lowest BCUT2D eigenvalue weighted by Crippen LogP contribution is -2.49. The zero-order chi connectivity index (χ0) is 17.3. The summed E-state index contributed by atoms with van der Waals surface area (Å²) < 4.78 is 33.4. The van der Waals surface area contributed by atoms with Crippen LogP contribution >= 0.6 is 0 Å². The fraction of sp³-hybridized carbons (Fsp3) is 0.750. The summed E-state index contributed by atoms with van der Waals surface area (Å²) in [7, 11) is 1.54. The van der Waals surface area contributed by atoms with Crippen LogP contribution in [0.1, 0.15) is 35.8 Å². The first-order valence-electron chi connectivity index (χ1n) is 8.44. The minimum atomic E-state index is -2.75. The maximum absolute atomic E-state index is 13.1. The minimum absolute atomic E-state index is 0.00485. The predicted octanol–water partition coefficient (Wildman–Crippen LogP) is 1.54. The highest BCUT2D eigenvalue weighted by atomic mass is 19.3. The van der Waals surface area contributed by atoms with Crippen molar-refractivity contribution in [2.45, 2.75) is 25.9 Å². The van der Waals surface area contributed by atoms with Crippen molar-refractivity contribution in [1.82, 2.24) is 19.6 Å². The summed E-state index contributed by atoms with van der Waals surface area (Å²) in [6.07, 6.45) is -0.569. The molecular formula is C16H24F2N4O2. The number of aromatic nitrogens is 2. The number of aryl methyl sites for hydroxylation is 1. The van der Waals surface area contributed by atoms with E-state index in [1.54, 1.807) is 11.9 Å². The van der Waals surface area contributed by atoms with Gasteiger partial charge in [-0.25, -0.2) is 8.78 Å². The molecule has 2 aliphatic rings. The second-order valence-electron chi connectivity index (χ2n) is 6.50. The molecule has 0 saturated carbocycles. The maximum Gasteiger partial charge on any atom is 0.282 e. The van der Waals surface area contributed by atoms with Gasteiger partial charge < -0.3 is 14.5 Å². The fourth-order valence-corrected chi connectivity index (χ4v) is 3.59. The number of hydrogen-bond acceptors (Lipinski definition) is 4. The van der Waals surface area contributed by atoms with Crippen LogP contribution in [0.2, 0.25) is 0 Å². The lowest BCUT2D eigenvalue weighted by molar-refractivity contribution is -0.0172. The van der Waals surface area contributed by atoms with Crippen molar-refractivity contribution < 1.29 is 18.3 Å². The molecule has 2 saturated heterocycles. The Balaban J connectivity index is 1.72. The van der Waals surface area contributed by atoms with Crippen LogP contribution in [0.15, 0.2) is 6.20 Å². The van der Waals surface area contributed by atoms with Crippen molar-refractivity contribution in [3.63, 3.8) is 0 Å². The number of likely N-dealkylation sites (N-methyl/N-ethyl adjacent to an activating group) is 1. The van der Waals surface area contributed by atoms with Crippen LogP contribution in [-0.4, -0.2) is 70.9 Å². The number of halogens is 2. The maximum atomic E-state index is 13.1. The van der Waals surface area contributed by atoms with E-state index in [-0.39, 0.29) is 17.6 Å². The smallest absolute Gasteiger partial charge is 0.282 e. The van der Waals surface area contributed by atoms with E-state index in [9.17, 15) is 13.6 Å². The Morgan fingerprint density at radius 1 is 1.42 bits per heavy atom. The van der Waals surface area contributed by atoms with Crippen LogP contribution in [0.25, 0.3) is 0 Å². The molecule has 1 aromatic heterocycles. The molecule has 24 heavy (non-hydrogen) atoms. The lowest BCUT2D eigenvalue weighted by Gasteiger charge is -2.38. The van der Waals surface area contributed by atoms with Crippen LogP contribution in [0.4, 0.5) is 8.78 Å². The Morgan fingerprint density at radius 3 is 2.92 bits per heavy atom. The number of alkyl halides is 2. The number of piperidine rings is 1. The van der Waals surface area contributed by atoms with Gasteiger partial charge in [-0.3, -0.25) is 9.48 Å². The Hall–Kier alpha value is -1.54. The number of fused-ring (bicyclic) bond motifs is 1. The molecule has 3 rings (SSSR count). The van der Waals surface area contributed by atoms with Crippen molar-refractivity contribution >= 4 is 5.91 Å². The number of rotatable bonds is 3. The van der Waals surface area contributed by atoms with Gasteiger partial charge in [-0.2, -0.15) is 5.10 Å². The first-order valence-corrected chi connectivity index (χ1v) is 8.44.